The smallest absolute Gasteiger partial charge is 0.168 e. The Bertz CT molecular complexity index is 315. The topological polar surface area (TPSA) is 37.3 Å². The summed E-state index contributed by atoms with van der Waals surface area (Å²) < 4.78 is 0. The van der Waals surface area contributed by atoms with Gasteiger partial charge in [-0.1, -0.05) is 19.1 Å². The maximum absolute atomic E-state index is 11.8. The van der Waals surface area contributed by atoms with E-state index in [2.05, 4.69) is 0 Å². The molecule has 0 saturated carbocycles. The minimum absolute atomic E-state index is 0.0349. The monoisotopic (exact) mass is 224 g/mol. The molecule has 0 aliphatic heterocycles. The summed E-state index contributed by atoms with van der Waals surface area (Å²) >= 11 is 1.65. The van der Waals surface area contributed by atoms with E-state index in [1.165, 1.54) is 0 Å². The van der Waals surface area contributed by atoms with Crippen LogP contribution >= 0.6 is 11.8 Å². The van der Waals surface area contributed by atoms with E-state index >= 15 is 0 Å². The minimum Gasteiger partial charge on any atom is -0.396 e. The number of thioether (sulfide) groups is 1. The van der Waals surface area contributed by atoms with E-state index in [4.69, 9.17) is 5.11 Å². The number of rotatable bonds is 5. The van der Waals surface area contributed by atoms with Crippen molar-refractivity contribution in [3.63, 3.8) is 0 Å². The second-order valence-corrected chi connectivity index (χ2v) is 4.26. The fourth-order valence-electron chi connectivity index (χ4n) is 1.39. The molecular formula is C12H16O2S. The Morgan fingerprint density at radius 1 is 1.40 bits per heavy atom. The fourth-order valence-corrected chi connectivity index (χ4v) is 1.80. The van der Waals surface area contributed by atoms with Gasteiger partial charge in [-0.25, -0.2) is 0 Å². The summed E-state index contributed by atoms with van der Waals surface area (Å²) in [4.78, 5) is 13.0. The average Bonchev–Trinajstić information content (AvgIpc) is 2.30. The molecule has 1 aromatic rings. The van der Waals surface area contributed by atoms with Crippen molar-refractivity contribution in [3.8, 4) is 0 Å². The molecule has 0 bridgehead atoms. The van der Waals surface area contributed by atoms with Gasteiger partial charge < -0.3 is 5.11 Å². The van der Waals surface area contributed by atoms with E-state index in [1.54, 1.807) is 11.8 Å². The molecule has 0 fully saturated rings. The van der Waals surface area contributed by atoms with E-state index in [-0.39, 0.29) is 18.3 Å². The number of Topliss-reactive ketones (excluding diaryl/α,β-unsaturated/α-hetero) is 1. The second kappa shape index (κ2) is 5.93. The van der Waals surface area contributed by atoms with Crippen molar-refractivity contribution in [2.24, 2.45) is 5.92 Å². The molecule has 1 rings (SSSR count). The zero-order valence-corrected chi connectivity index (χ0v) is 9.88. The van der Waals surface area contributed by atoms with E-state index in [0.717, 1.165) is 4.90 Å². The van der Waals surface area contributed by atoms with Crippen molar-refractivity contribution in [2.45, 2.75) is 18.2 Å². The highest BCUT2D eigenvalue weighted by molar-refractivity contribution is 7.98. The van der Waals surface area contributed by atoms with Gasteiger partial charge in [-0.15, -0.1) is 11.8 Å². The zero-order valence-electron chi connectivity index (χ0n) is 9.06. The number of aliphatic hydroxyl groups is 1. The van der Waals surface area contributed by atoms with Gasteiger partial charge in [-0.2, -0.15) is 0 Å². The second-order valence-electron chi connectivity index (χ2n) is 3.38. The summed E-state index contributed by atoms with van der Waals surface area (Å²) in [6, 6.07) is 7.52. The standard InChI is InChI=1S/C12H16O2S/c1-3-9(8-13)12(14)10-4-6-11(15-2)7-5-10/h4-7,9,13H,3,8H2,1-2H3. The molecule has 3 heteroatoms. The molecule has 0 aromatic heterocycles. The molecule has 0 heterocycles. The number of carbonyl (C=O) groups excluding carboxylic acids is 1. The first kappa shape index (κ1) is 12.3. The van der Waals surface area contributed by atoms with Crippen molar-refractivity contribution in [1.29, 1.82) is 0 Å². The van der Waals surface area contributed by atoms with Crippen LogP contribution in [0.1, 0.15) is 23.7 Å². The molecule has 0 radical (unpaired) electrons. The van der Waals surface area contributed by atoms with Gasteiger partial charge >= 0.3 is 0 Å². The molecule has 15 heavy (non-hydrogen) atoms. The summed E-state index contributed by atoms with van der Waals surface area (Å²) in [5.41, 5.74) is 0.689. The quantitative estimate of drug-likeness (QED) is 0.617. The van der Waals surface area contributed by atoms with Gasteiger partial charge in [0.15, 0.2) is 5.78 Å². The molecule has 1 unspecified atom stereocenters. The predicted molar refractivity (Wildman–Crippen MR) is 63.4 cm³/mol. The van der Waals surface area contributed by atoms with Crippen molar-refractivity contribution < 1.29 is 9.90 Å². The molecule has 0 spiro atoms. The molecule has 2 nitrogen and oxygen atoms in total. The van der Waals surface area contributed by atoms with Crippen LogP contribution in [0.4, 0.5) is 0 Å². The van der Waals surface area contributed by atoms with Gasteiger partial charge in [-0.3, -0.25) is 4.79 Å². The van der Waals surface area contributed by atoms with Gasteiger partial charge in [0.05, 0.1) is 6.61 Å². The van der Waals surface area contributed by atoms with Crippen LogP contribution in [0.15, 0.2) is 29.2 Å². The Morgan fingerprint density at radius 3 is 2.40 bits per heavy atom. The van der Waals surface area contributed by atoms with Crippen LogP contribution in [0, 0.1) is 5.92 Å². The molecule has 0 aliphatic rings. The third-order valence-corrected chi connectivity index (χ3v) is 3.20. The first-order valence-electron chi connectivity index (χ1n) is 5.02. The Balaban J connectivity index is 2.82. The highest BCUT2D eigenvalue weighted by Gasteiger charge is 2.16. The maximum atomic E-state index is 11.8. The Kier molecular flexibility index (Phi) is 4.85. The van der Waals surface area contributed by atoms with Crippen LogP contribution in [0.25, 0.3) is 0 Å². The van der Waals surface area contributed by atoms with E-state index in [1.807, 2.05) is 37.4 Å². The van der Waals surface area contributed by atoms with Crippen LogP contribution in [0.5, 0.6) is 0 Å². The maximum Gasteiger partial charge on any atom is 0.168 e. The summed E-state index contributed by atoms with van der Waals surface area (Å²) in [7, 11) is 0. The van der Waals surface area contributed by atoms with E-state index < -0.39 is 0 Å². The first-order chi connectivity index (χ1) is 7.22. The lowest BCUT2D eigenvalue weighted by molar-refractivity contribution is 0.0856. The number of hydrogen-bond acceptors (Lipinski definition) is 3. The van der Waals surface area contributed by atoms with Crippen LogP contribution in [0.2, 0.25) is 0 Å². The summed E-state index contributed by atoms with van der Waals surface area (Å²) in [5.74, 6) is -0.224. The molecule has 1 atom stereocenters. The van der Waals surface area contributed by atoms with Gasteiger partial charge in [-0.05, 0) is 24.8 Å². The van der Waals surface area contributed by atoms with Gasteiger partial charge in [0, 0.05) is 16.4 Å². The third-order valence-electron chi connectivity index (χ3n) is 2.46. The number of hydrogen-bond donors (Lipinski definition) is 1. The molecule has 0 aliphatic carbocycles. The van der Waals surface area contributed by atoms with Gasteiger partial charge in [0.1, 0.15) is 0 Å². The van der Waals surface area contributed by atoms with Crippen molar-refractivity contribution >= 4 is 17.5 Å². The molecular weight excluding hydrogens is 208 g/mol. The lowest BCUT2D eigenvalue weighted by Gasteiger charge is -2.10. The third kappa shape index (κ3) is 3.08. The molecule has 1 N–H and O–H groups in total. The lowest BCUT2D eigenvalue weighted by Crippen LogP contribution is -2.17. The van der Waals surface area contributed by atoms with E-state index in [0.29, 0.717) is 12.0 Å². The average molecular weight is 224 g/mol. The Labute approximate surface area is 94.7 Å². The lowest BCUT2D eigenvalue weighted by atomic mass is 9.96. The highest BCUT2D eigenvalue weighted by atomic mass is 32.2. The van der Waals surface area contributed by atoms with Crippen molar-refractivity contribution in [3.05, 3.63) is 29.8 Å². The van der Waals surface area contributed by atoms with Crippen LogP contribution in [-0.4, -0.2) is 23.8 Å². The van der Waals surface area contributed by atoms with Gasteiger partial charge in [0.25, 0.3) is 0 Å². The number of ketones is 1. The summed E-state index contributed by atoms with van der Waals surface area (Å²) in [6.07, 6.45) is 2.68. The highest BCUT2D eigenvalue weighted by Crippen LogP contribution is 2.17. The first-order valence-corrected chi connectivity index (χ1v) is 6.24. The molecule has 0 amide bonds. The Hall–Kier alpha value is -0.800. The summed E-state index contributed by atoms with van der Waals surface area (Å²) in [5, 5.41) is 9.03. The molecule has 0 saturated heterocycles. The minimum atomic E-state index is -0.259. The largest absolute Gasteiger partial charge is 0.396 e. The number of aliphatic hydroxyl groups excluding tert-OH is 1. The normalized spacial score (nSPS) is 12.5. The summed E-state index contributed by atoms with van der Waals surface area (Å²) in [6.45, 7) is 1.84. The SMILES string of the molecule is CCC(CO)C(=O)c1ccc(SC)cc1. The van der Waals surface area contributed by atoms with E-state index in [9.17, 15) is 4.79 Å². The predicted octanol–water partition coefficient (Wildman–Crippen LogP) is 2.61. The molecule has 82 valence electrons. The zero-order chi connectivity index (χ0) is 11.3. The number of carbonyl (C=O) groups is 1. The van der Waals surface area contributed by atoms with Crippen molar-refractivity contribution in [2.75, 3.05) is 12.9 Å². The van der Waals surface area contributed by atoms with Crippen LogP contribution < -0.4 is 0 Å². The van der Waals surface area contributed by atoms with Crippen LogP contribution in [-0.2, 0) is 0 Å². The molecule has 1 aromatic carbocycles. The van der Waals surface area contributed by atoms with Gasteiger partial charge in [0.2, 0.25) is 0 Å². The Morgan fingerprint density at radius 2 is 2.00 bits per heavy atom. The van der Waals surface area contributed by atoms with Crippen LogP contribution in [0.3, 0.4) is 0 Å². The van der Waals surface area contributed by atoms with Crippen molar-refractivity contribution in [1.82, 2.24) is 0 Å². The number of benzene rings is 1. The fraction of sp³-hybridized carbons (Fsp3) is 0.417.